The van der Waals surface area contributed by atoms with Crippen LogP contribution in [0.5, 0.6) is 0 Å². The van der Waals surface area contributed by atoms with E-state index in [0.29, 0.717) is 0 Å². The summed E-state index contributed by atoms with van der Waals surface area (Å²) >= 11 is 0. The van der Waals surface area contributed by atoms with Gasteiger partial charge in [0.15, 0.2) is 0 Å². The van der Waals surface area contributed by atoms with E-state index in [1.54, 1.807) is 5.92 Å². The molecule has 3 rings (SSSR count). The molecule has 0 bridgehead atoms. The van der Waals surface area contributed by atoms with Crippen molar-refractivity contribution in [1.82, 2.24) is 4.98 Å². The molecule has 0 amide bonds. The molecule has 19 heavy (non-hydrogen) atoms. The van der Waals surface area contributed by atoms with Crippen LogP contribution in [0.25, 0.3) is 10.9 Å². The van der Waals surface area contributed by atoms with Gasteiger partial charge in [0.05, 0.1) is 0 Å². The van der Waals surface area contributed by atoms with Crippen LogP contribution in [0.15, 0.2) is 30.5 Å². The molecule has 101 valence electrons. The number of nitrogens with one attached hydrogen (secondary N) is 1. The van der Waals surface area contributed by atoms with Crippen LogP contribution in [0.1, 0.15) is 45.6 Å². The minimum atomic E-state index is 0.746. The average Bonchev–Trinajstić information content (AvgIpc) is 2.82. The Morgan fingerprint density at radius 1 is 1.16 bits per heavy atom. The number of benzene rings is 1. The number of hydrogen-bond donors (Lipinski definition) is 1. The summed E-state index contributed by atoms with van der Waals surface area (Å²) in [6, 6.07) is 8.69. The van der Waals surface area contributed by atoms with Gasteiger partial charge in [0, 0.05) is 23.0 Å². The molecule has 2 atom stereocenters. The quantitative estimate of drug-likeness (QED) is 0.759. The Morgan fingerprint density at radius 2 is 1.95 bits per heavy atom. The highest BCUT2D eigenvalue weighted by molar-refractivity contribution is 5.85. The third-order valence-corrected chi connectivity index (χ3v) is 4.73. The molecule has 1 heterocycles. The lowest BCUT2D eigenvalue weighted by atomic mass is 9.67. The smallest absolute Gasteiger partial charge is 0.0457 e. The highest BCUT2D eigenvalue weighted by atomic mass is 14.7. The van der Waals surface area contributed by atoms with Gasteiger partial charge in [-0.3, -0.25) is 0 Å². The number of H-pyrrole nitrogens is 1. The van der Waals surface area contributed by atoms with Crippen molar-refractivity contribution in [3.63, 3.8) is 0 Å². The van der Waals surface area contributed by atoms with Gasteiger partial charge in [0.2, 0.25) is 0 Å². The molecule has 1 heteroatoms. The zero-order valence-electron chi connectivity index (χ0n) is 12.2. The molecule has 1 nitrogen and oxygen atoms in total. The first-order valence-corrected chi connectivity index (χ1v) is 7.59. The lowest BCUT2D eigenvalue weighted by Gasteiger charge is -2.37. The van der Waals surface area contributed by atoms with Crippen molar-refractivity contribution in [3.8, 4) is 0 Å². The Bertz CT molecular complexity index is 552. The fraction of sp³-hybridized carbons (Fsp3) is 0.500. The molecule has 1 aliphatic carbocycles. The van der Waals surface area contributed by atoms with Crippen molar-refractivity contribution in [1.29, 1.82) is 0 Å². The van der Waals surface area contributed by atoms with E-state index >= 15 is 0 Å². The molecule has 1 saturated carbocycles. The summed E-state index contributed by atoms with van der Waals surface area (Å²) < 4.78 is 0. The van der Waals surface area contributed by atoms with Crippen LogP contribution in [-0.4, -0.2) is 4.98 Å². The molecular formula is C18H24N. The van der Waals surface area contributed by atoms with E-state index < -0.39 is 0 Å². The molecule has 0 aliphatic heterocycles. The molecule has 1 fully saturated rings. The Balaban J connectivity index is 2.02. The van der Waals surface area contributed by atoms with Gasteiger partial charge >= 0.3 is 0 Å². The lowest BCUT2D eigenvalue weighted by molar-refractivity contribution is 0.274. The van der Waals surface area contributed by atoms with Crippen LogP contribution in [-0.2, 0) is 0 Å². The van der Waals surface area contributed by atoms with Gasteiger partial charge < -0.3 is 4.98 Å². The number of fused-ring (bicyclic) bond motifs is 1. The minimum Gasteiger partial charge on any atom is -0.361 e. The molecule has 1 radical (unpaired) electrons. The highest BCUT2D eigenvalue weighted by Gasteiger charge is 2.33. The Hall–Kier alpha value is -1.24. The zero-order valence-corrected chi connectivity index (χ0v) is 12.2. The number of para-hydroxylation sites is 1. The summed E-state index contributed by atoms with van der Waals surface area (Å²) in [7, 11) is 0. The number of rotatable bonds is 2. The van der Waals surface area contributed by atoms with E-state index in [1.807, 2.05) is 0 Å². The van der Waals surface area contributed by atoms with Crippen molar-refractivity contribution in [3.05, 3.63) is 41.9 Å². The molecular weight excluding hydrogens is 230 g/mol. The molecule has 2 unspecified atom stereocenters. The Kier molecular flexibility index (Phi) is 3.38. The van der Waals surface area contributed by atoms with Gasteiger partial charge in [-0.05, 0) is 42.2 Å². The number of aromatic amines is 1. The van der Waals surface area contributed by atoms with Gasteiger partial charge in [-0.15, -0.1) is 0 Å². The predicted molar refractivity (Wildman–Crippen MR) is 82.0 cm³/mol. The second-order valence-corrected chi connectivity index (χ2v) is 6.51. The van der Waals surface area contributed by atoms with Gasteiger partial charge in [0.25, 0.3) is 0 Å². The predicted octanol–water partition coefficient (Wildman–Crippen LogP) is 5.18. The van der Waals surface area contributed by atoms with Gasteiger partial charge in [0.1, 0.15) is 0 Å². The fourth-order valence-corrected chi connectivity index (χ4v) is 3.65. The second kappa shape index (κ2) is 5.03. The van der Waals surface area contributed by atoms with Crippen LogP contribution >= 0.6 is 0 Å². The summed E-state index contributed by atoms with van der Waals surface area (Å²) in [5.74, 6) is 4.02. The molecule has 2 aromatic rings. The van der Waals surface area contributed by atoms with Gasteiger partial charge in [-0.1, -0.05) is 45.4 Å². The minimum absolute atomic E-state index is 0.746. The third-order valence-electron chi connectivity index (χ3n) is 4.73. The van der Waals surface area contributed by atoms with E-state index in [-0.39, 0.29) is 0 Å². The maximum atomic E-state index is 3.44. The van der Waals surface area contributed by atoms with Crippen molar-refractivity contribution in [2.75, 3.05) is 0 Å². The Morgan fingerprint density at radius 3 is 2.74 bits per heavy atom. The first-order valence-electron chi connectivity index (χ1n) is 7.59. The van der Waals surface area contributed by atoms with E-state index in [9.17, 15) is 0 Å². The summed E-state index contributed by atoms with van der Waals surface area (Å²) in [6.07, 6.45) is 6.24. The van der Waals surface area contributed by atoms with Crippen LogP contribution in [0.2, 0.25) is 0 Å². The van der Waals surface area contributed by atoms with Crippen molar-refractivity contribution in [2.45, 2.75) is 40.0 Å². The maximum Gasteiger partial charge on any atom is 0.0457 e. The maximum absolute atomic E-state index is 3.44. The summed E-state index contributed by atoms with van der Waals surface area (Å²) in [5, 5.41) is 1.40. The summed E-state index contributed by atoms with van der Waals surface area (Å²) in [6.45, 7) is 7.14. The lowest BCUT2D eigenvalue weighted by Crippen LogP contribution is -2.26. The van der Waals surface area contributed by atoms with Gasteiger partial charge in [-0.2, -0.15) is 0 Å². The normalized spacial score (nSPS) is 25.3. The van der Waals surface area contributed by atoms with Crippen LogP contribution in [0.4, 0.5) is 0 Å². The highest BCUT2D eigenvalue weighted by Crippen LogP contribution is 2.44. The van der Waals surface area contributed by atoms with Crippen molar-refractivity contribution < 1.29 is 0 Å². The second-order valence-electron chi connectivity index (χ2n) is 6.51. The zero-order chi connectivity index (χ0) is 13.4. The summed E-state index contributed by atoms with van der Waals surface area (Å²) in [4.78, 5) is 3.44. The largest absolute Gasteiger partial charge is 0.361 e. The average molecular weight is 254 g/mol. The van der Waals surface area contributed by atoms with Gasteiger partial charge in [-0.25, -0.2) is 0 Å². The van der Waals surface area contributed by atoms with Crippen LogP contribution < -0.4 is 0 Å². The molecule has 1 aromatic carbocycles. The van der Waals surface area contributed by atoms with E-state index in [0.717, 1.165) is 17.8 Å². The number of aromatic nitrogens is 1. The Labute approximate surface area is 116 Å². The summed E-state index contributed by atoms with van der Waals surface area (Å²) in [5.41, 5.74) is 2.74. The van der Waals surface area contributed by atoms with Crippen molar-refractivity contribution in [2.24, 2.45) is 17.8 Å². The van der Waals surface area contributed by atoms with E-state index in [2.05, 4.69) is 56.2 Å². The first-order chi connectivity index (χ1) is 9.16. The molecule has 1 aliphatic rings. The van der Waals surface area contributed by atoms with E-state index in [1.165, 1.54) is 35.7 Å². The van der Waals surface area contributed by atoms with Crippen LogP contribution in [0.3, 0.4) is 0 Å². The molecule has 1 N–H and O–H groups in total. The molecule has 0 saturated heterocycles. The molecule has 1 aromatic heterocycles. The fourth-order valence-electron chi connectivity index (χ4n) is 3.65. The number of hydrogen-bond acceptors (Lipinski definition) is 0. The SMILES string of the molecule is CC1CCC(C(C)C)[C](c2c[nH]c3ccccc23)C1. The van der Waals surface area contributed by atoms with E-state index in [4.69, 9.17) is 0 Å². The third kappa shape index (κ3) is 2.31. The monoisotopic (exact) mass is 254 g/mol. The molecule has 0 spiro atoms. The standard InChI is InChI=1S/C18H24N/c1-12(2)14-9-8-13(3)10-16(14)17-11-19-18-7-5-4-6-15(17)18/h4-7,11-14,19H,8-10H2,1-3H3. The first kappa shape index (κ1) is 12.8. The topological polar surface area (TPSA) is 15.8 Å². The van der Waals surface area contributed by atoms with Crippen LogP contribution in [0, 0.1) is 23.7 Å². The van der Waals surface area contributed by atoms with Crippen molar-refractivity contribution >= 4 is 10.9 Å².